The fraction of sp³-hybridized carbons (Fsp3) is 0.455. The van der Waals surface area contributed by atoms with Crippen molar-refractivity contribution in [3.8, 4) is 0 Å². The van der Waals surface area contributed by atoms with Crippen molar-refractivity contribution >= 4 is 16.9 Å². The SMILES string of the molecule is Cc1nc(NC(C)C)c2cc(C)[nH]c2n1. The maximum atomic E-state index is 4.41. The first-order chi connectivity index (χ1) is 7.06. The summed E-state index contributed by atoms with van der Waals surface area (Å²) in [6, 6.07) is 2.44. The number of aryl methyl sites for hydroxylation is 2. The molecule has 0 atom stereocenters. The quantitative estimate of drug-likeness (QED) is 0.789. The molecular formula is C11H16N4. The number of aromatic amines is 1. The van der Waals surface area contributed by atoms with E-state index in [1.807, 2.05) is 13.8 Å². The zero-order valence-electron chi connectivity index (χ0n) is 9.55. The minimum absolute atomic E-state index is 0.373. The highest BCUT2D eigenvalue weighted by Gasteiger charge is 2.08. The minimum atomic E-state index is 0.373. The number of nitrogens with one attached hydrogen (secondary N) is 2. The van der Waals surface area contributed by atoms with Gasteiger partial charge in [0.15, 0.2) is 0 Å². The summed E-state index contributed by atoms with van der Waals surface area (Å²) in [5.41, 5.74) is 2.01. The predicted octanol–water partition coefficient (Wildman–Crippen LogP) is 2.40. The van der Waals surface area contributed by atoms with E-state index < -0.39 is 0 Å². The lowest BCUT2D eigenvalue weighted by Crippen LogP contribution is -2.12. The Morgan fingerprint density at radius 3 is 2.67 bits per heavy atom. The summed E-state index contributed by atoms with van der Waals surface area (Å²) in [6.45, 7) is 8.13. The zero-order chi connectivity index (χ0) is 11.0. The third-order valence-corrected chi connectivity index (χ3v) is 2.16. The third kappa shape index (κ3) is 1.93. The molecule has 2 N–H and O–H groups in total. The number of anilines is 1. The van der Waals surface area contributed by atoms with Gasteiger partial charge in [0.1, 0.15) is 17.3 Å². The Morgan fingerprint density at radius 2 is 2.00 bits per heavy atom. The minimum Gasteiger partial charge on any atom is -0.367 e. The fourth-order valence-electron chi connectivity index (χ4n) is 1.64. The van der Waals surface area contributed by atoms with Crippen LogP contribution in [0.1, 0.15) is 25.4 Å². The van der Waals surface area contributed by atoms with Crippen molar-refractivity contribution in [2.45, 2.75) is 33.7 Å². The monoisotopic (exact) mass is 204 g/mol. The lowest BCUT2D eigenvalue weighted by Gasteiger charge is -2.10. The van der Waals surface area contributed by atoms with Gasteiger partial charge in [-0.2, -0.15) is 0 Å². The lowest BCUT2D eigenvalue weighted by atomic mass is 10.3. The van der Waals surface area contributed by atoms with Gasteiger partial charge in [0.2, 0.25) is 0 Å². The highest BCUT2D eigenvalue weighted by atomic mass is 15.1. The van der Waals surface area contributed by atoms with Crippen molar-refractivity contribution in [3.05, 3.63) is 17.6 Å². The fourth-order valence-corrected chi connectivity index (χ4v) is 1.64. The molecule has 0 spiro atoms. The molecule has 2 heterocycles. The molecule has 0 radical (unpaired) electrons. The molecule has 4 nitrogen and oxygen atoms in total. The van der Waals surface area contributed by atoms with E-state index in [0.717, 1.165) is 28.4 Å². The first-order valence-corrected chi connectivity index (χ1v) is 5.17. The van der Waals surface area contributed by atoms with Gasteiger partial charge in [0.05, 0.1) is 5.39 Å². The van der Waals surface area contributed by atoms with Crippen LogP contribution in [-0.4, -0.2) is 21.0 Å². The molecule has 0 saturated carbocycles. The molecule has 80 valence electrons. The molecule has 0 fully saturated rings. The Bertz CT molecular complexity index is 485. The van der Waals surface area contributed by atoms with Crippen molar-refractivity contribution in [1.29, 1.82) is 0 Å². The van der Waals surface area contributed by atoms with Crippen LogP contribution in [0.5, 0.6) is 0 Å². The van der Waals surface area contributed by atoms with Gasteiger partial charge >= 0.3 is 0 Å². The van der Waals surface area contributed by atoms with Crippen molar-refractivity contribution in [3.63, 3.8) is 0 Å². The molecule has 2 rings (SSSR count). The number of aromatic nitrogens is 3. The van der Waals surface area contributed by atoms with Gasteiger partial charge in [-0.05, 0) is 33.8 Å². The van der Waals surface area contributed by atoms with Crippen molar-refractivity contribution < 1.29 is 0 Å². The average Bonchev–Trinajstić information content (AvgIpc) is 2.44. The van der Waals surface area contributed by atoms with Gasteiger partial charge in [-0.15, -0.1) is 0 Å². The predicted molar refractivity (Wildman–Crippen MR) is 62.1 cm³/mol. The molecular weight excluding hydrogens is 188 g/mol. The topological polar surface area (TPSA) is 53.6 Å². The number of hydrogen-bond acceptors (Lipinski definition) is 3. The highest BCUT2D eigenvalue weighted by Crippen LogP contribution is 2.21. The Kier molecular flexibility index (Phi) is 2.34. The van der Waals surface area contributed by atoms with E-state index in [4.69, 9.17) is 0 Å². The normalized spacial score (nSPS) is 11.3. The molecule has 0 aromatic carbocycles. The summed E-state index contributed by atoms with van der Waals surface area (Å²) in [7, 11) is 0. The van der Waals surface area contributed by atoms with E-state index in [0.29, 0.717) is 6.04 Å². The van der Waals surface area contributed by atoms with Gasteiger partial charge in [0, 0.05) is 11.7 Å². The Hall–Kier alpha value is -1.58. The van der Waals surface area contributed by atoms with E-state index in [9.17, 15) is 0 Å². The molecule has 0 aliphatic carbocycles. The van der Waals surface area contributed by atoms with Gasteiger partial charge in [0.25, 0.3) is 0 Å². The Balaban J connectivity index is 2.59. The van der Waals surface area contributed by atoms with Crippen LogP contribution >= 0.6 is 0 Å². The standard InChI is InChI=1S/C11H16N4/c1-6(2)12-10-9-5-7(3)13-11(9)15-8(4)14-10/h5-6H,1-4H3,(H2,12,13,14,15). The molecule has 0 amide bonds. The van der Waals surface area contributed by atoms with Crippen molar-refractivity contribution in [1.82, 2.24) is 15.0 Å². The van der Waals surface area contributed by atoms with Crippen LogP contribution < -0.4 is 5.32 Å². The van der Waals surface area contributed by atoms with Crippen LogP contribution in [0, 0.1) is 13.8 Å². The zero-order valence-corrected chi connectivity index (χ0v) is 9.55. The molecule has 0 saturated heterocycles. The number of hydrogen-bond donors (Lipinski definition) is 2. The summed E-state index contributed by atoms with van der Waals surface area (Å²) in [4.78, 5) is 12.0. The first kappa shape index (κ1) is 9.96. The molecule has 2 aromatic heterocycles. The molecule has 0 bridgehead atoms. The van der Waals surface area contributed by atoms with E-state index in [1.165, 1.54) is 0 Å². The summed E-state index contributed by atoms with van der Waals surface area (Å²) >= 11 is 0. The van der Waals surface area contributed by atoms with E-state index in [2.05, 4.69) is 40.2 Å². The second-order valence-corrected chi connectivity index (χ2v) is 4.13. The molecule has 0 unspecified atom stereocenters. The lowest BCUT2D eigenvalue weighted by molar-refractivity contribution is 0.886. The maximum absolute atomic E-state index is 4.41. The first-order valence-electron chi connectivity index (χ1n) is 5.17. The van der Waals surface area contributed by atoms with E-state index in [-0.39, 0.29) is 0 Å². The molecule has 4 heteroatoms. The third-order valence-electron chi connectivity index (χ3n) is 2.16. The molecule has 2 aromatic rings. The van der Waals surface area contributed by atoms with Gasteiger partial charge in [-0.1, -0.05) is 0 Å². The smallest absolute Gasteiger partial charge is 0.143 e. The number of nitrogens with zero attached hydrogens (tertiary/aromatic N) is 2. The van der Waals surface area contributed by atoms with E-state index in [1.54, 1.807) is 0 Å². The Morgan fingerprint density at radius 1 is 1.27 bits per heavy atom. The summed E-state index contributed by atoms with van der Waals surface area (Å²) in [5, 5.41) is 4.39. The van der Waals surface area contributed by atoms with Gasteiger partial charge < -0.3 is 10.3 Å². The summed E-state index contributed by atoms with van der Waals surface area (Å²) < 4.78 is 0. The number of rotatable bonds is 2. The molecule has 0 aliphatic rings. The second-order valence-electron chi connectivity index (χ2n) is 4.13. The van der Waals surface area contributed by atoms with Crippen LogP contribution in [0.15, 0.2) is 6.07 Å². The average molecular weight is 204 g/mol. The molecule has 15 heavy (non-hydrogen) atoms. The van der Waals surface area contributed by atoms with E-state index >= 15 is 0 Å². The second kappa shape index (κ2) is 3.53. The van der Waals surface area contributed by atoms with Crippen LogP contribution in [0.2, 0.25) is 0 Å². The van der Waals surface area contributed by atoms with Crippen molar-refractivity contribution in [2.24, 2.45) is 0 Å². The number of H-pyrrole nitrogens is 1. The summed E-state index contributed by atoms with van der Waals surface area (Å²) in [6.07, 6.45) is 0. The maximum Gasteiger partial charge on any atom is 0.143 e. The number of fused-ring (bicyclic) bond motifs is 1. The van der Waals surface area contributed by atoms with Crippen LogP contribution in [0.25, 0.3) is 11.0 Å². The molecule has 0 aliphatic heterocycles. The van der Waals surface area contributed by atoms with Gasteiger partial charge in [-0.3, -0.25) is 0 Å². The Labute approximate surface area is 89.1 Å². The van der Waals surface area contributed by atoms with Crippen molar-refractivity contribution in [2.75, 3.05) is 5.32 Å². The summed E-state index contributed by atoms with van der Waals surface area (Å²) in [5.74, 6) is 1.70. The largest absolute Gasteiger partial charge is 0.367 e. The van der Waals surface area contributed by atoms with Gasteiger partial charge in [-0.25, -0.2) is 9.97 Å². The van der Waals surface area contributed by atoms with Crippen LogP contribution in [-0.2, 0) is 0 Å². The van der Waals surface area contributed by atoms with Crippen LogP contribution in [0.4, 0.5) is 5.82 Å². The van der Waals surface area contributed by atoms with Crippen LogP contribution in [0.3, 0.4) is 0 Å². The highest BCUT2D eigenvalue weighted by molar-refractivity contribution is 5.87.